The second-order valence-corrected chi connectivity index (χ2v) is 7.66. The number of amides is 1. The predicted octanol–water partition coefficient (Wildman–Crippen LogP) is 2.83. The van der Waals surface area contributed by atoms with Crippen molar-refractivity contribution in [3.63, 3.8) is 0 Å². The molecule has 144 valence electrons. The summed E-state index contributed by atoms with van der Waals surface area (Å²) in [5.41, 5.74) is -0.343. The lowest BCUT2D eigenvalue weighted by atomic mass is 9.71. The number of hydrogen-bond acceptors (Lipinski definition) is 4. The van der Waals surface area contributed by atoms with Crippen LogP contribution in [0.3, 0.4) is 0 Å². The predicted molar refractivity (Wildman–Crippen MR) is 94.2 cm³/mol. The highest BCUT2D eigenvalue weighted by atomic mass is 35.5. The molecule has 0 aromatic carbocycles. The molecule has 8 heteroatoms. The summed E-state index contributed by atoms with van der Waals surface area (Å²) in [5.74, 6) is -3.09. The molecule has 0 bridgehead atoms. The number of alkyl halides is 2. The number of methoxy groups -OCH3 is 1. The number of hydrogen-bond donors (Lipinski definition) is 0. The Labute approximate surface area is 157 Å². The second-order valence-electron chi connectivity index (χ2n) is 7.30. The zero-order valence-corrected chi connectivity index (χ0v) is 15.6. The van der Waals surface area contributed by atoms with Crippen molar-refractivity contribution in [1.29, 1.82) is 0 Å². The highest BCUT2D eigenvalue weighted by Gasteiger charge is 2.55. The zero-order valence-electron chi connectivity index (χ0n) is 14.9. The quantitative estimate of drug-likeness (QED) is 0.729. The molecule has 2 fully saturated rings. The number of carbonyl (C=O) groups excluding carboxylic acids is 1. The Morgan fingerprint density at radius 3 is 2.92 bits per heavy atom. The smallest absolute Gasteiger partial charge is 0.261 e. The van der Waals surface area contributed by atoms with E-state index in [0.717, 1.165) is 6.42 Å². The van der Waals surface area contributed by atoms with E-state index in [9.17, 15) is 13.6 Å². The van der Waals surface area contributed by atoms with Crippen LogP contribution in [-0.4, -0.2) is 66.5 Å². The summed E-state index contributed by atoms with van der Waals surface area (Å²) >= 11 is 6.09. The molecule has 1 unspecified atom stereocenters. The molecule has 2 saturated heterocycles. The molecular weight excluding hydrogens is 364 g/mol. The maximum atomic E-state index is 14.6. The molecule has 1 spiro atoms. The van der Waals surface area contributed by atoms with Crippen LogP contribution in [0, 0.1) is 5.41 Å². The van der Waals surface area contributed by atoms with Crippen LogP contribution in [0.5, 0.6) is 0 Å². The third-order valence-electron chi connectivity index (χ3n) is 5.20. The summed E-state index contributed by atoms with van der Waals surface area (Å²) in [5, 5.41) is 0.312. The van der Waals surface area contributed by atoms with Crippen LogP contribution in [0.1, 0.15) is 24.8 Å². The molecule has 0 N–H and O–H groups in total. The first-order chi connectivity index (χ1) is 12.4. The molecule has 1 amide bonds. The molecular formula is C18H24ClF2N3O2. The summed E-state index contributed by atoms with van der Waals surface area (Å²) in [6.07, 6.45) is 2.39. The number of halogens is 3. The van der Waals surface area contributed by atoms with Crippen molar-refractivity contribution in [2.45, 2.75) is 31.7 Å². The topological polar surface area (TPSA) is 45.7 Å². The molecule has 0 radical (unpaired) electrons. The van der Waals surface area contributed by atoms with Gasteiger partial charge >= 0.3 is 0 Å². The Morgan fingerprint density at radius 1 is 1.38 bits per heavy atom. The maximum absolute atomic E-state index is 14.6. The fourth-order valence-electron chi connectivity index (χ4n) is 4.19. The van der Waals surface area contributed by atoms with E-state index in [1.165, 1.54) is 0 Å². The van der Waals surface area contributed by atoms with Crippen LogP contribution in [0.15, 0.2) is 18.3 Å². The van der Waals surface area contributed by atoms with Gasteiger partial charge in [-0.05, 0) is 18.9 Å². The largest absolute Gasteiger partial charge is 0.383 e. The molecule has 0 aliphatic carbocycles. The van der Waals surface area contributed by atoms with E-state index in [-0.39, 0.29) is 25.4 Å². The number of nitrogens with zero attached hydrogens (tertiary/aromatic N) is 3. The minimum atomic E-state index is -2.91. The van der Waals surface area contributed by atoms with E-state index in [4.69, 9.17) is 16.3 Å². The number of aromatic nitrogens is 1. The minimum absolute atomic E-state index is 0.178. The van der Waals surface area contributed by atoms with E-state index in [1.54, 1.807) is 35.2 Å². The molecule has 2 aliphatic heterocycles. The van der Waals surface area contributed by atoms with Gasteiger partial charge in [0.25, 0.3) is 5.92 Å². The fourth-order valence-corrected chi connectivity index (χ4v) is 4.36. The lowest BCUT2D eigenvalue weighted by Gasteiger charge is -2.49. The summed E-state index contributed by atoms with van der Waals surface area (Å²) in [6.45, 7) is 1.66. The van der Waals surface area contributed by atoms with Crippen molar-refractivity contribution in [2.75, 3.05) is 39.9 Å². The third-order valence-corrected chi connectivity index (χ3v) is 5.54. The lowest BCUT2D eigenvalue weighted by Crippen LogP contribution is -2.61. The first-order valence-corrected chi connectivity index (χ1v) is 9.21. The van der Waals surface area contributed by atoms with E-state index in [1.807, 2.05) is 0 Å². The highest BCUT2D eigenvalue weighted by Crippen LogP contribution is 2.45. The standard InChI is InChI=1S/C18H24ClF2N3O2/c1-26-9-8-24-7-3-5-17(16(24)25)11-18(20,21)13-23(12-17)10-14-4-2-6-22-15(14)19/h2,4,6H,3,5,7-13H2,1H3. The minimum Gasteiger partial charge on any atom is -0.383 e. The Kier molecular flexibility index (Phi) is 5.79. The van der Waals surface area contributed by atoms with Gasteiger partial charge in [0.15, 0.2) is 0 Å². The van der Waals surface area contributed by atoms with Crippen LogP contribution in [0.25, 0.3) is 0 Å². The van der Waals surface area contributed by atoms with Gasteiger partial charge < -0.3 is 9.64 Å². The number of pyridine rings is 1. The number of carbonyl (C=O) groups is 1. The van der Waals surface area contributed by atoms with Gasteiger partial charge in [-0.2, -0.15) is 0 Å². The first kappa shape index (κ1) is 19.5. The number of piperidine rings is 2. The number of ether oxygens (including phenoxy) is 1. The lowest BCUT2D eigenvalue weighted by molar-refractivity contribution is -0.170. The third kappa shape index (κ3) is 4.15. The molecule has 2 aliphatic rings. The molecule has 1 atom stereocenters. The second kappa shape index (κ2) is 7.74. The van der Waals surface area contributed by atoms with Crippen molar-refractivity contribution in [3.05, 3.63) is 29.0 Å². The van der Waals surface area contributed by atoms with Crippen LogP contribution in [-0.2, 0) is 16.1 Å². The van der Waals surface area contributed by atoms with Gasteiger partial charge in [0.2, 0.25) is 5.91 Å². The van der Waals surface area contributed by atoms with E-state index < -0.39 is 11.3 Å². The summed E-state index contributed by atoms with van der Waals surface area (Å²) in [7, 11) is 1.57. The normalized spacial score (nSPS) is 26.5. The van der Waals surface area contributed by atoms with E-state index >= 15 is 0 Å². The molecule has 0 saturated carbocycles. The fraction of sp³-hybridized carbons (Fsp3) is 0.667. The monoisotopic (exact) mass is 387 g/mol. The average molecular weight is 388 g/mol. The number of rotatable bonds is 5. The molecule has 1 aromatic rings. The summed E-state index contributed by atoms with van der Waals surface area (Å²) in [4.78, 5) is 20.4. The van der Waals surface area contributed by atoms with Gasteiger partial charge in [-0.25, -0.2) is 13.8 Å². The Bertz CT molecular complexity index is 661. The van der Waals surface area contributed by atoms with Gasteiger partial charge in [-0.3, -0.25) is 9.69 Å². The number of likely N-dealkylation sites (tertiary alicyclic amines) is 2. The Balaban J connectivity index is 1.80. The van der Waals surface area contributed by atoms with Crippen molar-refractivity contribution >= 4 is 17.5 Å². The molecule has 26 heavy (non-hydrogen) atoms. The van der Waals surface area contributed by atoms with Crippen LogP contribution < -0.4 is 0 Å². The Hall–Kier alpha value is -1.31. The van der Waals surface area contributed by atoms with Gasteiger partial charge in [0, 0.05) is 51.5 Å². The van der Waals surface area contributed by atoms with Crippen molar-refractivity contribution in [2.24, 2.45) is 5.41 Å². The summed E-state index contributed by atoms with van der Waals surface area (Å²) in [6, 6.07) is 3.51. The SMILES string of the molecule is COCCN1CCCC2(CN(Cc3cccnc3Cl)CC(F)(F)C2)C1=O. The van der Waals surface area contributed by atoms with E-state index in [0.29, 0.717) is 43.4 Å². The maximum Gasteiger partial charge on any atom is 0.261 e. The molecule has 3 rings (SSSR count). The molecule has 1 aromatic heterocycles. The van der Waals surface area contributed by atoms with Crippen molar-refractivity contribution in [3.8, 4) is 0 Å². The van der Waals surface area contributed by atoms with Gasteiger partial charge in [0.05, 0.1) is 18.6 Å². The van der Waals surface area contributed by atoms with E-state index in [2.05, 4.69) is 4.98 Å². The van der Waals surface area contributed by atoms with Crippen LogP contribution in [0.2, 0.25) is 5.15 Å². The van der Waals surface area contributed by atoms with Gasteiger partial charge in [-0.1, -0.05) is 17.7 Å². The van der Waals surface area contributed by atoms with Crippen molar-refractivity contribution < 1.29 is 18.3 Å². The molecule has 5 nitrogen and oxygen atoms in total. The van der Waals surface area contributed by atoms with Crippen LogP contribution >= 0.6 is 11.6 Å². The van der Waals surface area contributed by atoms with Gasteiger partial charge in [0.1, 0.15) is 5.15 Å². The zero-order chi connectivity index (χ0) is 18.8. The summed E-state index contributed by atoms with van der Waals surface area (Å²) < 4.78 is 34.2. The van der Waals surface area contributed by atoms with Crippen molar-refractivity contribution in [1.82, 2.24) is 14.8 Å². The molecule has 3 heterocycles. The average Bonchev–Trinajstić information content (AvgIpc) is 2.57. The first-order valence-electron chi connectivity index (χ1n) is 8.83. The van der Waals surface area contributed by atoms with Gasteiger partial charge in [-0.15, -0.1) is 0 Å². The highest BCUT2D eigenvalue weighted by molar-refractivity contribution is 6.30. The Morgan fingerprint density at radius 2 is 2.19 bits per heavy atom. The van der Waals surface area contributed by atoms with Crippen LogP contribution in [0.4, 0.5) is 8.78 Å².